The number of hydrogen-bond donors (Lipinski definition) is 1. The van der Waals surface area contributed by atoms with E-state index in [-0.39, 0.29) is 0 Å². The van der Waals surface area contributed by atoms with Crippen molar-refractivity contribution in [3.8, 4) is 11.3 Å². The first-order chi connectivity index (χ1) is 7.88. The van der Waals surface area contributed by atoms with Gasteiger partial charge in [-0.05, 0) is 6.92 Å². The second-order valence-corrected chi connectivity index (χ2v) is 4.08. The molecule has 0 unspecified atom stereocenters. The Balaban J connectivity index is 1.95. The van der Waals surface area contributed by atoms with Gasteiger partial charge >= 0.3 is 0 Å². The summed E-state index contributed by atoms with van der Waals surface area (Å²) in [5, 5.41) is 7.57. The molecule has 84 valence electrons. The topological polar surface area (TPSA) is 47.7 Å². The van der Waals surface area contributed by atoms with Gasteiger partial charge in [-0.1, -0.05) is 0 Å². The average Bonchev–Trinajstić information content (AvgIpc) is 2.81. The van der Waals surface area contributed by atoms with Crippen LogP contribution in [0.3, 0.4) is 0 Å². The van der Waals surface area contributed by atoms with Crippen LogP contribution in [0.5, 0.6) is 0 Å². The Morgan fingerprint density at radius 3 is 2.94 bits per heavy atom. The highest BCUT2D eigenvalue weighted by Gasteiger charge is 2.21. The van der Waals surface area contributed by atoms with Gasteiger partial charge in [-0.15, -0.1) is 0 Å². The minimum absolute atomic E-state index is 0.544. The normalized spacial score (nSPS) is 16.3. The Hall–Kier alpha value is -1.62. The summed E-state index contributed by atoms with van der Waals surface area (Å²) in [4.78, 5) is 4.23. The van der Waals surface area contributed by atoms with Crippen molar-refractivity contribution in [2.45, 2.75) is 19.5 Å². The summed E-state index contributed by atoms with van der Waals surface area (Å²) in [6.45, 7) is 5.06. The fourth-order valence-corrected chi connectivity index (χ4v) is 1.96. The van der Waals surface area contributed by atoms with Gasteiger partial charge in [0.2, 0.25) is 0 Å². The standard InChI is InChI=1S/C11H15N5/c1-2-15-7-9(3-14-15)11-6-13-8-16(11)10-4-12-5-10/h3,6-8,10,12H,2,4-5H2,1H3. The van der Waals surface area contributed by atoms with E-state index in [1.165, 1.54) is 0 Å². The Morgan fingerprint density at radius 1 is 1.44 bits per heavy atom. The maximum atomic E-state index is 4.29. The van der Waals surface area contributed by atoms with Crippen molar-refractivity contribution >= 4 is 0 Å². The fourth-order valence-electron chi connectivity index (χ4n) is 1.96. The fraction of sp³-hybridized carbons (Fsp3) is 0.455. The number of imidazole rings is 1. The lowest BCUT2D eigenvalue weighted by Gasteiger charge is -2.29. The molecule has 0 atom stereocenters. The molecule has 0 radical (unpaired) electrons. The Morgan fingerprint density at radius 2 is 2.31 bits per heavy atom. The van der Waals surface area contributed by atoms with E-state index in [0.717, 1.165) is 30.9 Å². The lowest BCUT2D eigenvalue weighted by atomic mass is 10.1. The van der Waals surface area contributed by atoms with Crippen molar-refractivity contribution in [1.82, 2.24) is 24.6 Å². The number of nitrogens with one attached hydrogen (secondary N) is 1. The lowest BCUT2D eigenvalue weighted by molar-refractivity contribution is 0.346. The van der Waals surface area contributed by atoms with Crippen molar-refractivity contribution in [3.05, 3.63) is 24.9 Å². The van der Waals surface area contributed by atoms with E-state index in [9.17, 15) is 0 Å². The molecule has 0 spiro atoms. The quantitative estimate of drug-likeness (QED) is 0.831. The molecule has 5 nitrogen and oxygen atoms in total. The molecule has 0 aliphatic carbocycles. The first kappa shape index (κ1) is 9.59. The van der Waals surface area contributed by atoms with E-state index in [0.29, 0.717) is 6.04 Å². The predicted octanol–water partition coefficient (Wildman–Crippen LogP) is 0.911. The van der Waals surface area contributed by atoms with E-state index >= 15 is 0 Å². The van der Waals surface area contributed by atoms with Crippen LogP contribution >= 0.6 is 0 Å². The van der Waals surface area contributed by atoms with Gasteiger partial charge in [-0.2, -0.15) is 5.10 Å². The zero-order valence-electron chi connectivity index (χ0n) is 9.30. The average molecular weight is 217 g/mol. The van der Waals surface area contributed by atoms with Gasteiger partial charge in [0.25, 0.3) is 0 Å². The molecule has 0 saturated carbocycles. The summed E-state index contributed by atoms with van der Waals surface area (Å²) >= 11 is 0. The van der Waals surface area contributed by atoms with Crippen LogP contribution in [0, 0.1) is 0 Å². The third-order valence-electron chi connectivity index (χ3n) is 3.07. The third-order valence-corrected chi connectivity index (χ3v) is 3.07. The van der Waals surface area contributed by atoms with Crippen molar-refractivity contribution in [3.63, 3.8) is 0 Å². The molecule has 1 aliphatic heterocycles. The monoisotopic (exact) mass is 217 g/mol. The molecule has 1 aliphatic rings. The molecular formula is C11H15N5. The van der Waals surface area contributed by atoms with Crippen LogP contribution in [-0.2, 0) is 6.54 Å². The van der Waals surface area contributed by atoms with Crippen LogP contribution in [0.1, 0.15) is 13.0 Å². The zero-order valence-corrected chi connectivity index (χ0v) is 9.30. The molecule has 2 aromatic rings. The molecule has 0 bridgehead atoms. The summed E-state index contributed by atoms with van der Waals surface area (Å²) in [6.07, 6.45) is 7.79. The van der Waals surface area contributed by atoms with Crippen LogP contribution in [0.25, 0.3) is 11.3 Å². The van der Waals surface area contributed by atoms with Gasteiger partial charge in [0.15, 0.2) is 0 Å². The van der Waals surface area contributed by atoms with Crippen LogP contribution in [-0.4, -0.2) is 32.4 Å². The Kier molecular flexibility index (Phi) is 2.25. The highest BCUT2D eigenvalue weighted by atomic mass is 15.3. The second kappa shape index (κ2) is 3.75. The molecule has 3 rings (SSSR count). The third kappa shape index (κ3) is 1.44. The minimum Gasteiger partial charge on any atom is -0.325 e. The van der Waals surface area contributed by atoms with E-state index in [4.69, 9.17) is 0 Å². The number of aromatic nitrogens is 4. The number of aryl methyl sites for hydroxylation is 1. The SMILES string of the molecule is CCn1cc(-c2cncn2C2CNC2)cn1. The summed E-state index contributed by atoms with van der Waals surface area (Å²) in [7, 11) is 0. The summed E-state index contributed by atoms with van der Waals surface area (Å²) < 4.78 is 4.17. The van der Waals surface area contributed by atoms with Gasteiger partial charge < -0.3 is 9.88 Å². The van der Waals surface area contributed by atoms with E-state index in [2.05, 4.69) is 33.1 Å². The van der Waals surface area contributed by atoms with Gasteiger partial charge in [0.1, 0.15) is 0 Å². The molecule has 1 fully saturated rings. The first-order valence-corrected chi connectivity index (χ1v) is 5.64. The van der Waals surface area contributed by atoms with Crippen LogP contribution in [0.15, 0.2) is 24.9 Å². The second-order valence-electron chi connectivity index (χ2n) is 4.08. The van der Waals surface area contributed by atoms with Crippen LogP contribution < -0.4 is 5.32 Å². The van der Waals surface area contributed by atoms with Crippen molar-refractivity contribution in [2.75, 3.05) is 13.1 Å². The molecule has 0 amide bonds. The summed E-state index contributed by atoms with van der Waals surface area (Å²) in [5.74, 6) is 0. The lowest BCUT2D eigenvalue weighted by Crippen LogP contribution is -2.43. The number of nitrogens with zero attached hydrogens (tertiary/aromatic N) is 4. The molecule has 3 heterocycles. The van der Waals surface area contributed by atoms with Crippen LogP contribution in [0.2, 0.25) is 0 Å². The van der Waals surface area contributed by atoms with Gasteiger partial charge in [-0.3, -0.25) is 4.68 Å². The highest BCUT2D eigenvalue weighted by Crippen LogP contribution is 2.23. The maximum Gasteiger partial charge on any atom is 0.0954 e. The van der Waals surface area contributed by atoms with E-state index in [1.807, 2.05) is 23.4 Å². The Bertz CT molecular complexity index is 480. The van der Waals surface area contributed by atoms with Gasteiger partial charge in [0, 0.05) is 31.4 Å². The van der Waals surface area contributed by atoms with Gasteiger partial charge in [-0.25, -0.2) is 4.98 Å². The number of hydrogen-bond acceptors (Lipinski definition) is 3. The molecule has 1 saturated heterocycles. The molecule has 0 aromatic carbocycles. The summed E-state index contributed by atoms with van der Waals surface area (Å²) in [6, 6.07) is 0.544. The molecular weight excluding hydrogens is 202 g/mol. The van der Waals surface area contributed by atoms with Gasteiger partial charge in [0.05, 0.1) is 30.5 Å². The zero-order chi connectivity index (χ0) is 11.0. The minimum atomic E-state index is 0.544. The maximum absolute atomic E-state index is 4.29. The van der Waals surface area contributed by atoms with Crippen molar-refractivity contribution in [1.29, 1.82) is 0 Å². The molecule has 1 N–H and O–H groups in total. The van der Waals surface area contributed by atoms with Crippen LogP contribution in [0.4, 0.5) is 0 Å². The molecule has 2 aromatic heterocycles. The highest BCUT2D eigenvalue weighted by molar-refractivity contribution is 5.56. The largest absolute Gasteiger partial charge is 0.325 e. The number of rotatable bonds is 3. The molecule has 16 heavy (non-hydrogen) atoms. The predicted molar refractivity (Wildman–Crippen MR) is 61.0 cm³/mol. The van der Waals surface area contributed by atoms with Crippen molar-refractivity contribution in [2.24, 2.45) is 0 Å². The first-order valence-electron chi connectivity index (χ1n) is 5.64. The van der Waals surface area contributed by atoms with E-state index in [1.54, 1.807) is 0 Å². The van der Waals surface area contributed by atoms with Crippen molar-refractivity contribution < 1.29 is 0 Å². The van der Waals surface area contributed by atoms with E-state index < -0.39 is 0 Å². The molecule has 5 heteroatoms. The summed E-state index contributed by atoms with van der Waals surface area (Å²) in [5.41, 5.74) is 2.30. The smallest absolute Gasteiger partial charge is 0.0954 e. The Labute approximate surface area is 94.1 Å².